The maximum absolute atomic E-state index is 12.7. The van der Waals surface area contributed by atoms with Crippen LogP contribution in [0.15, 0.2) is 66.7 Å². The molecule has 0 atom stereocenters. The van der Waals surface area contributed by atoms with Gasteiger partial charge in [0.05, 0.1) is 10.7 Å². The Hall–Kier alpha value is -3.84. The van der Waals surface area contributed by atoms with E-state index < -0.39 is 24.5 Å². The molecule has 0 unspecified atom stereocenters. The topological polar surface area (TPSA) is 95.9 Å². The molecule has 0 saturated carbocycles. The van der Waals surface area contributed by atoms with Crippen LogP contribution in [-0.4, -0.2) is 47.7 Å². The van der Waals surface area contributed by atoms with Crippen molar-refractivity contribution in [1.82, 2.24) is 4.90 Å². The molecule has 8 heteroatoms. The first-order valence-electron chi connectivity index (χ1n) is 10.8. The maximum atomic E-state index is 12.7. The number of nitrogens with zero attached hydrogens (tertiary/aromatic N) is 1. The van der Waals surface area contributed by atoms with Gasteiger partial charge in [0.1, 0.15) is 13.2 Å². The first-order chi connectivity index (χ1) is 16.4. The molecule has 3 aromatic rings. The highest BCUT2D eigenvalue weighted by Crippen LogP contribution is 2.44. The number of hydrogen-bond donors (Lipinski definition) is 2. The largest absolute Gasteiger partial charge is 0.480 e. The summed E-state index contributed by atoms with van der Waals surface area (Å²) in [6, 6.07) is 20.4. The molecule has 0 spiro atoms. The van der Waals surface area contributed by atoms with E-state index >= 15 is 0 Å². The van der Waals surface area contributed by atoms with E-state index in [0.717, 1.165) is 22.3 Å². The third-order valence-electron chi connectivity index (χ3n) is 5.79. The standard InChI is InChI=1S/C26H23ClN2O5/c1-2-29(14-24(30)31)25(32)16-11-12-22(27)23(13-16)28-26(33)34-15-21-19-9-5-3-7-17(19)18-8-4-6-10-20(18)21/h3-13,21H,2,14-15H2,1H3,(H,28,33)(H,30,31). The van der Waals surface area contributed by atoms with Crippen LogP contribution in [0.25, 0.3) is 11.1 Å². The molecule has 2 amide bonds. The van der Waals surface area contributed by atoms with Gasteiger partial charge in [0.15, 0.2) is 0 Å². The molecule has 7 nitrogen and oxygen atoms in total. The molecule has 0 bridgehead atoms. The monoisotopic (exact) mass is 478 g/mol. The van der Waals surface area contributed by atoms with Gasteiger partial charge in [-0.05, 0) is 47.4 Å². The highest BCUT2D eigenvalue weighted by atomic mass is 35.5. The number of aliphatic carboxylic acids is 1. The van der Waals surface area contributed by atoms with Crippen molar-refractivity contribution < 1.29 is 24.2 Å². The minimum Gasteiger partial charge on any atom is -0.480 e. The fourth-order valence-electron chi connectivity index (χ4n) is 4.17. The second kappa shape index (κ2) is 9.97. The second-order valence-corrected chi connectivity index (χ2v) is 8.27. The number of carbonyl (C=O) groups excluding carboxylic acids is 2. The third kappa shape index (κ3) is 4.75. The Morgan fingerprint density at radius 3 is 2.21 bits per heavy atom. The fraction of sp³-hybridized carbons (Fsp3) is 0.192. The summed E-state index contributed by atoms with van der Waals surface area (Å²) < 4.78 is 5.54. The summed E-state index contributed by atoms with van der Waals surface area (Å²) >= 11 is 6.21. The van der Waals surface area contributed by atoms with Crippen LogP contribution < -0.4 is 5.32 Å². The van der Waals surface area contributed by atoms with Crippen molar-refractivity contribution in [2.75, 3.05) is 25.0 Å². The molecule has 0 aromatic heterocycles. The highest BCUT2D eigenvalue weighted by Gasteiger charge is 2.29. The summed E-state index contributed by atoms with van der Waals surface area (Å²) in [6.45, 7) is 1.63. The van der Waals surface area contributed by atoms with Crippen LogP contribution in [0.2, 0.25) is 5.02 Å². The molecule has 3 aromatic carbocycles. The van der Waals surface area contributed by atoms with Crippen LogP contribution in [0.1, 0.15) is 34.3 Å². The minimum absolute atomic E-state index is 0.0873. The number of amides is 2. The number of benzene rings is 3. The van der Waals surface area contributed by atoms with Gasteiger partial charge in [-0.15, -0.1) is 0 Å². The number of rotatable bonds is 7. The lowest BCUT2D eigenvalue weighted by atomic mass is 9.98. The lowest BCUT2D eigenvalue weighted by molar-refractivity contribution is -0.137. The highest BCUT2D eigenvalue weighted by molar-refractivity contribution is 6.33. The average molecular weight is 479 g/mol. The number of halogens is 1. The Morgan fingerprint density at radius 1 is 1.00 bits per heavy atom. The van der Waals surface area contributed by atoms with Crippen molar-refractivity contribution >= 4 is 35.3 Å². The summed E-state index contributed by atoms with van der Waals surface area (Å²) in [5.41, 5.74) is 4.87. The fourth-order valence-corrected chi connectivity index (χ4v) is 4.34. The number of anilines is 1. The van der Waals surface area contributed by atoms with Gasteiger partial charge in [-0.3, -0.25) is 14.9 Å². The Morgan fingerprint density at radius 2 is 1.62 bits per heavy atom. The number of carbonyl (C=O) groups is 3. The van der Waals surface area contributed by atoms with E-state index in [4.69, 9.17) is 21.4 Å². The van der Waals surface area contributed by atoms with Crippen molar-refractivity contribution in [1.29, 1.82) is 0 Å². The average Bonchev–Trinajstić information content (AvgIpc) is 3.16. The quantitative estimate of drug-likeness (QED) is 0.483. The molecule has 1 aliphatic rings. The van der Waals surface area contributed by atoms with Gasteiger partial charge in [-0.2, -0.15) is 0 Å². The van der Waals surface area contributed by atoms with E-state index in [1.54, 1.807) is 6.92 Å². The summed E-state index contributed by atoms with van der Waals surface area (Å²) in [5, 5.41) is 11.8. The zero-order valence-corrected chi connectivity index (χ0v) is 19.2. The lowest BCUT2D eigenvalue weighted by Crippen LogP contribution is -2.35. The van der Waals surface area contributed by atoms with Gasteiger partial charge in [-0.25, -0.2) is 4.79 Å². The zero-order chi connectivity index (χ0) is 24.2. The Labute approximate surface area is 201 Å². The van der Waals surface area contributed by atoms with Gasteiger partial charge in [0, 0.05) is 18.0 Å². The van der Waals surface area contributed by atoms with Crippen LogP contribution in [0.5, 0.6) is 0 Å². The number of hydrogen-bond acceptors (Lipinski definition) is 4. The number of fused-ring (bicyclic) bond motifs is 3. The molecular weight excluding hydrogens is 456 g/mol. The van der Waals surface area contributed by atoms with Crippen LogP contribution >= 0.6 is 11.6 Å². The zero-order valence-electron chi connectivity index (χ0n) is 18.5. The van der Waals surface area contributed by atoms with Crippen molar-refractivity contribution in [3.63, 3.8) is 0 Å². The molecule has 0 radical (unpaired) electrons. The molecular formula is C26H23ClN2O5. The van der Waals surface area contributed by atoms with Gasteiger partial charge < -0.3 is 14.7 Å². The molecule has 0 aliphatic heterocycles. The maximum Gasteiger partial charge on any atom is 0.411 e. The molecule has 1 aliphatic carbocycles. The summed E-state index contributed by atoms with van der Waals surface area (Å²) in [7, 11) is 0. The van der Waals surface area contributed by atoms with Crippen LogP contribution in [0.4, 0.5) is 10.5 Å². The van der Waals surface area contributed by atoms with E-state index in [9.17, 15) is 14.4 Å². The predicted octanol–water partition coefficient (Wildman–Crippen LogP) is 5.25. The molecule has 0 heterocycles. The molecule has 0 fully saturated rings. The van der Waals surface area contributed by atoms with Crippen molar-refractivity contribution in [2.24, 2.45) is 0 Å². The van der Waals surface area contributed by atoms with E-state index in [2.05, 4.69) is 17.4 Å². The molecule has 2 N–H and O–H groups in total. The number of nitrogens with one attached hydrogen (secondary N) is 1. The van der Waals surface area contributed by atoms with Crippen LogP contribution in [0, 0.1) is 0 Å². The SMILES string of the molecule is CCN(CC(=O)O)C(=O)c1ccc(Cl)c(NC(=O)OCC2c3ccccc3-c3ccccc32)c1. The number of likely N-dealkylation sites (N-methyl/N-ethyl adjacent to an activating group) is 1. The minimum atomic E-state index is -1.11. The van der Waals surface area contributed by atoms with Crippen molar-refractivity contribution in [3.05, 3.63) is 88.4 Å². The predicted molar refractivity (Wildman–Crippen MR) is 129 cm³/mol. The second-order valence-electron chi connectivity index (χ2n) is 7.86. The smallest absolute Gasteiger partial charge is 0.411 e. The summed E-state index contributed by atoms with van der Waals surface area (Å²) in [5.74, 6) is -1.67. The van der Waals surface area contributed by atoms with Crippen molar-refractivity contribution in [2.45, 2.75) is 12.8 Å². The van der Waals surface area contributed by atoms with E-state index in [1.807, 2.05) is 36.4 Å². The van der Waals surface area contributed by atoms with E-state index in [1.165, 1.54) is 23.1 Å². The third-order valence-corrected chi connectivity index (χ3v) is 6.12. The van der Waals surface area contributed by atoms with E-state index in [0.29, 0.717) is 0 Å². The first-order valence-corrected chi connectivity index (χ1v) is 11.2. The molecule has 174 valence electrons. The van der Waals surface area contributed by atoms with Crippen LogP contribution in [-0.2, 0) is 9.53 Å². The number of carboxylic acid groups (broad SMARTS) is 1. The Kier molecular flexibility index (Phi) is 6.84. The van der Waals surface area contributed by atoms with Crippen LogP contribution in [0.3, 0.4) is 0 Å². The van der Waals surface area contributed by atoms with Gasteiger partial charge in [0.2, 0.25) is 0 Å². The Bertz CT molecular complexity index is 1210. The normalized spacial score (nSPS) is 11.9. The van der Waals surface area contributed by atoms with Gasteiger partial charge >= 0.3 is 12.1 Å². The molecule has 4 rings (SSSR count). The lowest BCUT2D eigenvalue weighted by Gasteiger charge is -2.19. The molecule has 0 saturated heterocycles. The summed E-state index contributed by atoms with van der Waals surface area (Å²) in [4.78, 5) is 37.5. The van der Waals surface area contributed by atoms with E-state index in [-0.39, 0.29) is 35.3 Å². The first kappa shape index (κ1) is 23.3. The number of ether oxygens (including phenoxy) is 1. The van der Waals surface area contributed by atoms with Gasteiger partial charge in [-0.1, -0.05) is 60.1 Å². The number of carboxylic acids is 1. The van der Waals surface area contributed by atoms with Crippen molar-refractivity contribution in [3.8, 4) is 11.1 Å². The summed E-state index contributed by atoms with van der Waals surface area (Å²) in [6.07, 6.45) is -0.703. The van der Waals surface area contributed by atoms with Gasteiger partial charge in [0.25, 0.3) is 5.91 Å². The Balaban J connectivity index is 1.46. The molecule has 34 heavy (non-hydrogen) atoms.